The second-order valence-corrected chi connectivity index (χ2v) is 4.88. The van der Waals surface area contributed by atoms with Crippen LogP contribution in [0.5, 0.6) is 0 Å². The van der Waals surface area contributed by atoms with Crippen LogP contribution in [0.3, 0.4) is 0 Å². The van der Waals surface area contributed by atoms with Crippen LogP contribution in [0, 0.1) is 12.3 Å². The first-order valence-corrected chi connectivity index (χ1v) is 4.67. The molecule has 0 saturated heterocycles. The Balaban J connectivity index is 2.97. The zero-order valence-corrected chi connectivity index (χ0v) is 9.31. The topological polar surface area (TPSA) is 43.8 Å². The highest BCUT2D eigenvalue weighted by atomic mass is 35.5. The Labute approximate surface area is 83.9 Å². The van der Waals surface area contributed by atoms with Crippen LogP contribution in [0.2, 0.25) is 5.02 Å². The summed E-state index contributed by atoms with van der Waals surface area (Å²) in [6.07, 6.45) is 0. The van der Waals surface area contributed by atoms with Gasteiger partial charge in [0.25, 0.3) is 0 Å². The number of hydrogen-bond donors (Lipinski definition) is 1. The van der Waals surface area contributed by atoms with E-state index in [4.69, 9.17) is 17.3 Å². The van der Waals surface area contributed by atoms with Gasteiger partial charge in [0.2, 0.25) is 0 Å². The number of nitrogens with two attached hydrogens (primary N) is 1. The Kier molecular flexibility index (Phi) is 2.57. The highest BCUT2D eigenvalue weighted by Crippen LogP contribution is 2.25. The maximum atomic E-state index is 5.92. The zero-order chi connectivity index (χ0) is 10.2. The van der Waals surface area contributed by atoms with Gasteiger partial charge in [-0.15, -0.1) is 0 Å². The van der Waals surface area contributed by atoms with Crippen molar-refractivity contribution in [3.05, 3.63) is 10.7 Å². The van der Waals surface area contributed by atoms with Crippen molar-refractivity contribution in [2.45, 2.75) is 34.2 Å². The lowest BCUT2D eigenvalue weighted by atomic mass is 9.97. The lowest BCUT2D eigenvalue weighted by Gasteiger charge is -2.18. The summed E-state index contributed by atoms with van der Waals surface area (Å²) in [5.41, 5.74) is 6.74. The first-order valence-electron chi connectivity index (χ1n) is 4.29. The number of anilines is 1. The monoisotopic (exact) mass is 201 g/mol. The van der Waals surface area contributed by atoms with Crippen LogP contribution in [0.1, 0.15) is 26.5 Å². The summed E-state index contributed by atoms with van der Waals surface area (Å²) >= 11 is 5.92. The molecule has 0 amide bonds. The van der Waals surface area contributed by atoms with Gasteiger partial charge in [0.15, 0.2) is 0 Å². The van der Waals surface area contributed by atoms with Crippen LogP contribution in [0.25, 0.3) is 0 Å². The third-order valence-corrected chi connectivity index (χ3v) is 2.18. The molecule has 0 aliphatic rings. The number of aromatic nitrogens is 2. The summed E-state index contributed by atoms with van der Waals surface area (Å²) in [5.74, 6) is 0.564. The van der Waals surface area contributed by atoms with E-state index < -0.39 is 0 Å². The number of nitrogens with zero attached hydrogens (tertiary/aromatic N) is 2. The molecule has 0 fully saturated rings. The first-order chi connectivity index (χ1) is 5.81. The molecule has 13 heavy (non-hydrogen) atoms. The molecule has 0 aliphatic carbocycles. The molecule has 0 spiro atoms. The van der Waals surface area contributed by atoms with E-state index >= 15 is 0 Å². The van der Waals surface area contributed by atoms with Crippen molar-refractivity contribution in [1.82, 2.24) is 9.78 Å². The fraction of sp³-hybridized carbons (Fsp3) is 0.667. The summed E-state index contributed by atoms with van der Waals surface area (Å²) in [6, 6.07) is 0. The van der Waals surface area contributed by atoms with Gasteiger partial charge < -0.3 is 5.73 Å². The first kappa shape index (κ1) is 10.4. The fourth-order valence-electron chi connectivity index (χ4n) is 1.15. The predicted octanol–water partition coefficient (Wildman–Crippen LogP) is 2.47. The largest absolute Gasteiger partial charge is 0.383 e. The van der Waals surface area contributed by atoms with E-state index in [1.54, 1.807) is 4.68 Å². The molecule has 1 heterocycles. The number of nitrogen functional groups attached to an aromatic ring is 1. The second kappa shape index (κ2) is 3.22. The molecular formula is C9H16ClN3. The maximum absolute atomic E-state index is 5.92. The third-order valence-electron chi connectivity index (χ3n) is 1.72. The smallest absolute Gasteiger partial charge is 0.140 e. The van der Waals surface area contributed by atoms with Gasteiger partial charge in [-0.25, -0.2) is 4.68 Å². The molecule has 1 rings (SSSR count). The van der Waals surface area contributed by atoms with Crippen LogP contribution in [0.15, 0.2) is 0 Å². The number of aryl methyl sites for hydroxylation is 1. The Morgan fingerprint density at radius 3 is 2.31 bits per heavy atom. The number of hydrogen-bond acceptors (Lipinski definition) is 2. The quantitative estimate of drug-likeness (QED) is 0.759. The standard InChI is InChI=1S/C9H16ClN3/c1-6-7(10)8(11)13(12-6)5-9(2,3)4/h5,11H2,1-4H3. The molecule has 0 aliphatic heterocycles. The van der Waals surface area contributed by atoms with E-state index in [9.17, 15) is 0 Å². The molecular weight excluding hydrogens is 186 g/mol. The molecule has 1 aromatic heterocycles. The summed E-state index contributed by atoms with van der Waals surface area (Å²) in [5, 5.41) is 4.83. The average molecular weight is 202 g/mol. The van der Waals surface area contributed by atoms with Gasteiger partial charge in [0.05, 0.1) is 5.69 Å². The van der Waals surface area contributed by atoms with Crippen molar-refractivity contribution in [3.8, 4) is 0 Å². The van der Waals surface area contributed by atoms with E-state index in [-0.39, 0.29) is 5.41 Å². The molecule has 0 radical (unpaired) electrons. The number of rotatable bonds is 1. The fourth-order valence-corrected chi connectivity index (χ4v) is 1.28. The Hall–Kier alpha value is -0.700. The van der Waals surface area contributed by atoms with Crippen LogP contribution < -0.4 is 5.73 Å². The van der Waals surface area contributed by atoms with Crippen LogP contribution in [-0.4, -0.2) is 9.78 Å². The Bertz CT molecular complexity index is 309. The molecule has 0 atom stereocenters. The average Bonchev–Trinajstić information content (AvgIpc) is 2.15. The minimum atomic E-state index is 0.163. The van der Waals surface area contributed by atoms with Crippen molar-refractivity contribution >= 4 is 17.4 Å². The molecule has 0 unspecified atom stereocenters. The summed E-state index contributed by atoms with van der Waals surface area (Å²) in [7, 11) is 0. The van der Waals surface area contributed by atoms with E-state index in [1.807, 2.05) is 6.92 Å². The molecule has 4 heteroatoms. The van der Waals surface area contributed by atoms with Crippen molar-refractivity contribution in [2.75, 3.05) is 5.73 Å². The van der Waals surface area contributed by atoms with E-state index in [0.29, 0.717) is 10.8 Å². The van der Waals surface area contributed by atoms with Crippen LogP contribution in [0.4, 0.5) is 5.82 Å². The van der Waals surface area contributed by atoms with Gasteiger partial charge in [0, 0.05) is 6.54 Å². The third kappa shape index (κ3) is 2.37. The van der Waals surface area contributed by atoms with Crippen LogP contribution >= 0.6 is 11.6 Å². The van der Waals surface area contributed by atoms with Crippen molar-refractivity contribution < 1.29 is 0 Å². The van der Waals surface area contributed by atoms with E-state index in [0.717, 1.165) is 12.2 Å². The highest BCUT2D eigenvalue weighted by molar-refractivity contribution is 6.33. The molecule has 0 bridgehead atoms. The Morgan fingerprint density at radius 1 is 1.46 bits per heavy atom. The molecule has 74 valence electrons. The summed E-state index contributed by atoms with van der Waals surface area (Å²) in [6.45, 7) is 9.05. The molecule has 0 saturated carbocycles. The van der Waals surface area contributed by atoms with Gasteiger partial charge in [0.1, 0.15) is 10.8 Å². The lowest BCUT2D eigenvalue weighted by Crippen LogP contribution is -2.18. The minimum absolute atomic E-state index is 0.163. The highest BCUT2D eigenvalue weighted by Gasteiger charge is 2.16. The van der Waals surface area contributed by atoms with Crippen molar-refractivity contribution in [1.29, 1.82) is 0 Å². The molecule has 2 N–H and O–H groups in total. The Morgan fingerprint density at radius 2 is 2.00 bits per heavy atom. The van der Waals surface area contributed by atoms with Gasteiger partial charge in [-0.05, 0) is 12.3 Å². The van der Waals surface area contributed by atoms with E-state index in [2.05, 4.69) is 25.9 Å². The van der Waals surface area contributed by atoms with Crippen molar-refractivity contribution in [2.24, 2.45) is 5.41 Å². The number of halogens is 1. The molecule has 3 nitrogen and oxygen atoms in total. The van der Waals surface area contributed by atoms with Gasteiger partial charge >= 0.3 is 0 Å². The molecule has 1 aromatic rings. The van der Waals surface area contributed by atoms with E-state index in [1.165, 1.54) is 0 Å². The SMILES string of the molecule is Cc1nn(CC(C)(C)C)c(N)c1Cl. The minimum Gasteiger partial charge on any atom is -0.383 e. The van der Waals surface area contributed by atoms with Gasteiger partial charge in [-0.1, -0.05) is 32.4 Å². The van der Waals surface area contributed by atoms with Gasteiger partial charge in [-0.2, -0.15) is 5.10 Å². The predicted molar refractivity (Wildman–Crippen MR) is 55.8 cm³/mol. The lowest BCUT2D eigenvalue weighted by molar-refractivity contribution is 0.327. The van der Waals surface area contributed by atoms with Gasteiger partial charge in [-0.3, -0.25) is 0 Å². The zero-order valence-electron chi connectivity index (χ0n) is 8.56. The van der Waals surface area contributed by atoms with Crippen molar-refractivity contribution in [3.63, 3.8) is 0 Å². The second-order valence-electron chi connectivity index (χ2n) is 4.50. The van der Waals surface area contributed by atoms with Crippen LogP contribution in [-0.2, 0) is 6.54 Å². The molecule has 0 aromatic carbocycles. The normalized spacial score (nSPS) is 12.1. The summed E-state index contributed by atoms with van der Waals surface area (Å²) < 4.78 is 1.76. The maximum Gasteiger partial charge on any atom is 0.140 e. The summed E-state index contributed by atoms with van der Waals surface area (Å²) in [4.78, 5) is 0.